The van der Waals surface area contributed by atoms with Crippen molar-refractivity contribution in [1.82, 2.24) is 0 Å². The fourth-order valence-electron chi connectivity index (χ4n) is 0. The molecule has 4 N–H and O–H groups in total. The third kappa shape index (κ3) is 119. The van der Waals surface area contributed by atoms with Gasteiger partial charge in [-0.25, -0.2) is 0 Å². The van der Waals surface area contributed by atoms with E-state index >= 15 is 0 Å². The van der Waals surface area contributed by atoms with Gasteiger partial charge in [-0.3, -0.25) is 0 Å². The van der Waals surface area contributed by atoms with Gasteiger partial charge in [0.2, 0.25) is 0 Å². The molecule has 15 heavy (non-hydrogen) atoms. The zero-order valence-electron chi connectivity index (χ0n) is 8.52. The van der Waals surface area contributed by atoms with Gasteiger partial charge in [0.25, 0.3) is 0 Å². The van der Waals surface area contributed by atoms with Crippen LogP contribution >= 0.6 is 0 Å². The first-order chi connectivity index (χ1) is 5.95. The molecule has 0 fully saturated rings. The Morgan fingerprint density at radius 1 is 0.933 bits per heavy atom. The van der Waals surface area contributed by atoms with Crippen LogP contribution in [-0.4, -0.2) is 31.2 Å². The smallest absolute Gasteiger partial charge is 0.549 e. The summed E-state index contributed by atoms with van der Waals surface area (Å²) < 4.78 is 0. The van der Waals surface area contributed by atoms with E-state index in [-0.39, 0.29) is 78.4 Å². The quantitative estimate of drug-likeness (QED) is 0.447. The molecular formula is C5H8N2Na2O6. The number of hydrogen-bond donors (Lipinski definition) is 2. The summed E-state index contributed by atoms with van der Waals surface area (Å²) >= 11 is 0. The second kappa shape index (κ2) is 29.2. The molecular weight excluding hydrogens is 230 g/mol. The summed E-state index contributed by atoms with van der Waals surface area (Å²) in [4.78, 5) is 34.5. The Balaban J connectivity index is -0.0000000322. The summed E-state index contributed by atoms with van der Waals surface area (Å²) in [5.74, 6) is -2.44. The van der Waals surface area contributed by atoms with E-state index in [4.69, 9.17) is 29.4 Å². The van der Waals surface area contributed by atoms with Gasteiger partial charge >= 0.3 is 65.3 Å². The zero-order chi connectivity index (χ0) is 11.3. The van der Waals surface area contributed by atoms with Crippen LogP contribution in [0.15, 0.2) is 0 Å². The SMILES string of the molecule is NCC(=O)[O-].NCC(=O)[O-].O=C=O.[Na+].[Na+]. The largest absolute Gasteiger partial charge is 1.00 e. The molecule has 0 spiro atoms. The van der Waals surface area contributed by atoms with Crippen molar-refractivity contribution in [3.63, 3.8) is 0 Å². The van der Waals surface area contributed by atoms with Crippen molar-refractivity contribution in [2.45, 2.75) is 0 Å². The summed E-state index contributed by atoms with van der Waals surface area (Å²) in [5.41, 5.74) is 9.02. The fourth-order valence-corrected chi connectivity index (χ4v) is 0. The molecule has 8 nitrogen and oxygen atoms in total. The molecule has 0 saturated heterocycles. The predicted octanol–water partition coefficient (Wildman–Crippen LogP) is -11.2. The molecule has 0 amide bonds. The van der Waals surface area contributed by atoms with Crippen molar-refractivity contribution >= 4 is 18.1 Å². The van der Waals surface area contributed by atoms with Crippen LogP contribution in [0.25, 0.3) is 0 Å². The van der Waals surface area contributed by atoms with E-state index in [1.54, 1.807) is 0 Å². The van der Waals surface area contributed by atoms with Crippen molar-refractivity contribution in [1.29, 1.82) is 0 Å². The van der Waals surface area contributed by atoms with Crippen molar-refractivity contribution in [2.24, 2.45) is 11.5 Å². The van der Waals surface area contributed by atoms with Crippen LogP contribution in [0.1, 0.15) is 0 Å². The number of aliphatic carboxylic acids is 2. The average Bonchev–Trinajstić information content (AvgIpc) is 2.07. The molecule has 0 atom stereocenters. The zero-order valence-corrected chi connectivity index (χ0v) is 12.5. The minimum Gasteiger partial charge on any atom is -0.549 e. The van der Waals surface area contributed by atoms with E-state index in [0.717, 1.165) is 0 Å². The first-order valence-electron chi connectivity index (χ1n) is 2.75. The molecule has 0 saturated carbocycles. The van der Waals surface area contributed by atoms with E-state index in [0.29, 0.717) is 0 Å². The number of carbonyl (C=O) groups is 2. The van der Waals surface area contributed by atoms with E-state index in [9.17, 15) is 0 Å². The molecule has 76 valence electrons. The Kier molecular flexibility index (Phi) is 57.4. The van der Waals surface area contributed by atoms with Gasteiger partial charge in [-0.05, 0) is 0 Å². The van der Waals surface area contributed by atoms with Crippen LogP contribution in [0, 0.1) is 0 Å². The van der Waals surface area contributed by atoms with Crippen LogP contribution in [0.2, 0.25) is 0 Å². The summed E-state index contributed by atoms with van der Waals surface area (Å²) in [6, 6.07) is 0. The van der Waals surface area contributed by atoms with E-state index < -0.39 is 11.9 Å². The van der Waals surface area contributed by atoms with Crippen LogP contribution in [0.3, 0.4) is 0 Å². The van der Waals surface area contributed by atoms with Gasteiger partial charge in [0, 0.05) is 13.1 Å². The molecule has 0 heterocycles. The third-order valence-electron chi connectivity index (χ3n) is 0.333. The maximum absolute atomic E-state index is 9.13. The van der Waals surface area contributed by atoms with Gasteiger partial charge in [0.1, 0.15) is 0 Å². The van der Waals surface area contributed by atoms with Crippen molar-refractivity contribution in [2.75, 3.05) is 13.1 Å². The van der Waals surface area contributed by atoms with Crippen molar-refractivity contribution in [3.8, 4) is 0 Å². The molecule has 0 aliphatic rings. The number of carbonyl (C=O) groups excluding carboxylic acids is 4. The maximum atomic E-state index is 9.13. The molecule has 0 unspecified atom stereocenters. The predicted molar refractivity (Wildman–Crippen MR) is 33.1 cm³/mol. The van der Waals surface area contributed by atoms with Gasteiger partial charge < -0.3 is 31.3 Å². The summed E-state index contributed by atoms with van der Waals surface area (Å²) in [6.07, 6.45) is 0.250. The second-order valence-electron chi connectivity index (χ2n) is 1.24. The Labute approximate surface area is 130 Å². The average molecular weight is 238 g/mol. The molecule has 0 radical (unpaired) electrons. The third-order valence-corrected chi connectivity index (χ3v) is 0.333. The monoisotopic (exact) mass is 238 g/mol. The number of carboxylic acid groups (broad SMARTS) is 2. The normalized spacial score (nSPS) is 5.47. The minimum absolute atomic E-state index is 0. The Morgan fingerprint density at radius 2 is 1.00 bits per heavy atom. The summed E-state index contributed by atoms with van der Waals surface area (Å²) in [5, 5.41) is 18.3. The van der Waals surface area contributed by atoms with Crippen LogP contribution in [0.4, 0.5) is 0 Å². The van der Waals surface area contributed by atoms with Gasteiger partial charge in [0.15, 0.2) is 0 Å². The maximum Gasteiger partial charge on any atom is 1.00 e. The molecule has 0 aliphatic carbocycles. The standard InChI is InChI=1S/2C2H5NO2.CO2.2Na/c2*3-1-2(4)5;2-1-3;;/h2*1,3H2,(H,4,5);;;/q;;;2*+1/p-2. The Hall–Kier alpha value is 0.240. The summed E-state index contributed by atoms with van der Waals surface area (Å²) in [6.45, 7) is -0.778. The summed E-state index contributed by atoms with van der Waals surface area (Å²) in [7, 11) is 0. The Bertz CT molecular complexity index is 168. The van der Waals surface area contributed by atoms with Gasteiger partial charge in [0.05, 0.1) is 11.9 Å². The number of carboxylic acids is 2. The topological polar surface area (TPSA) is 166 Å². The van der Waals surface area contributed by atoms with E-state index in [1.165, 1.54) is 0 Å². The Morgan fingerprint density at radius 3 is 1.00 bits per heavy atom. The number of nitrogens with two attached hydrogens (primary N) is 2. The van der Waals surface area contributed by atoms with Crippen molar-refractivity contribution in [3.05, 3.63) is 0 Å². The van der Waals surface area contributed by atoms with Crippen molar-refractivity contribution < 1.29 is 88.5 Å². The molecule has 0 bridgehead atoms. The van der Waals surface area contributed by atoms with Gasteiger partial charge in [-0.15, -0.1) is 0 Å². The van der Waals surface area contributed by atoms with E-state index in [2.05, 4.69) is 11.5 Å². The molecule has 0 rings (SSSR count). The molecule has 10 heteroatoms. The van der Waals surface area contributed by atoms with Crippen LogP contribution in [-0.2, 0) is 19.2 Å². The molecule has 0 aliphatic heterocycles. The first kappa shape index (κ1) is 29.5. The van der Waals surface area contributed by atoms with Gasteiger partial charge in [-0.1, -0.05) is 0 Å². The molecule has 0 aromatic rings. The molecule has 0 aromatic carbocycles. The minimum atomic E-state index is -1.22. The van der Waals surface area contributed by atoms with Crippen LogP contribution < -0.4 is 80.8 Å². The number of rotatable bonds is 2. The van der Waals surface area contributed by atoms with E-state index in [1.807, 2.05) is 0 Å². The second-order valence-corrected chi connectivity index (χ2v) is 1.24. The van der Waals surface area contributed by atoms with Gasteiger partial charge in [-0.2, -0.15) is 9.59 Å². The molecule has 0 aromatic heterocycles. The number of hydrogen-bond acceptors (Lipinski definition) is 8. The first-order valence-corrected chi connectivity index (χ1v) is 2.75. The fraction of sp³-hybridized carbons (Fsp3) is 0.400. The van der Waals surface area contributed by atoms with Crippen LogP contribution in [0.5, 0.6) is 0 Å².